The largest absolute Gasteiger partial charge is 0.336 e. The molecule has 7 nitrogen and oxygen atoms in total. The van der Waals surface area contributed by atoms with E-state index in [1.54, 1.807) is 6.07 Å². The van der Waals surface area contributed by atoms with Gasteiger partial charge < -0.3 is 5.32 Å². The summed E-state index contributed by atoms with van der Waals surface area (Å²) in [5, 5.41) is 11.9. The number of sulfonamides is 1. The molecule has 23 heavy (non-hydrogen) atoms. The zero-order valence-corrected chi connectivity index (χ0v) is 13.1. The maximum atomic E-state index is 12.4. The van der Waals surface area contributed by atoms with Crippen molar-refractivity contribution in [2.75, 3.05) is 6.54 Å². The van der Waals surface area contributed by atoms with E-state index in [4.69, 9.17) is 0 Å². The molecule has 1 N–H and O–H groups in total. The van der Waals surface area contributed by atoms with Crippen molar-refractivity contribution < 1.29 is 18.0 Å². The van der Waals surface area contributed by atoms with E-state index in [-0.39, 0.29) is 10.5 Å². The molecule has 1 aliphatic carbocycles. The first kappa shape index (κ1) is 15.5. The number of benzene rings is 1. The standard InChI is InChI=1S/C15H15N3O4S/c16-10-15(7-3-4-8-15)17-13(19)9-18-14(20)11-5-1-2-6-12(11)23(18,21)22/h1-2,5-6H,3-4,7-9H2,(H,17,19). The summed E-state index contributed by atoms with van der Waals surface area (Å²) in [5.41, 5.74) is -0.882. The van der Waals surface area contributed by atoms with Crippen molar-refractivity contribution in [1.82, 2.24) is 9.62 Å². The number of hydrogen-bond donors (Lipinski definition) is 1. The van der Waals surface area contributed by atoms with Gasteiger partial charge in [0.2, 0.25) is 5.91 Å². The van der Waals surface area contributed by atoms with Gasteiger partial charge in [0.15, 0.2) is 0 Å². The highest BCUT2D eigenvalue weighted by Gasteiger charge is 2.43. The first-order chi connectivity index (χ1) is 10.9. The van der Waals surface area contributed by atoms with Gasteiger partial charge in [0.25, 0.3) is 15.9 Å². The van der Waals surface area contributed by atoms with Gasteiger partial charge in [0, 0.05) is 0 Å². The number of fused-ring (bicyclic) bond motifs is 1. The van der Waals surface area contributed by atoms with Gasteiger partial charge in [-0.25, -0.2) is 12.7 Å². The summed E-state index contributed by atoms with van der Waals surface area (Å²) >= 11 is 0. The van der Waals surface area contributed by atoms with E-state index < -0.39 is 33.9 Å². The first-order valence-electron chi connectivity index (χ1n) is 7.28. The van der Waals surface area contributed by atoms with E-state index in [9.17, 15) is 23.3 Å². The van der Waals surface area contributed by atoms with E-state index in [2.05, 4.69) is 11.4 Å². The van der Waals surface area contributed by atoms with Crippen molar-refractivity contribution in [2.24, 2.45) is 0 Å². The SMILES string of the molecule is N#CC1(NC(=O)CN2C(=O)c3ccccc3S2(=O)=O)CCCC1. The zero-order valence-electron chi connectivity index (χ0n) is 12.3. The fraction of sp³-hybridized carbons (Fsp3) is 0.400. The second kappa shape index (κ2) is 5.35. The fourth-order valence-corrected chi connectivity index (χ4v) is 4.59. The predicted octanol–water partition coefficient (Wildman–Crippen LogP) is 0.784. The summed E-state index contributed by atoms with van der Waals surface area (Å²) in [6.07, 6.45) is 2.74. The Hall–Kier alpha value is -2.40. The Morgan fingerprint density at radius 1 is 1.30 bits per heavy atom. The number of nitriles is 1. The van der Waals surface area contributed by atoms with Crippen molar-refractivity contribution >= 4 is 21.8 Å². The summed E-state index contributed by atoms with van der Waals surface area (Å²) in [5.74, 6) is -1.36. The Morgan fingerprint density at radius 3 is 2.57 bits per heavy atom. The molecule has 0 radical (unpaired) electrons. The van der Waals surface area contributed by atoms with Crippen molar-refractivity contribution in [3.05, 3.63) is 29.8 Å². The molecular weight excluding hydrogens is 318 g/mol. The third kappa shape index (κ3) is 2.47. The summed E-state index contributed by atoms with van der Waals surface area (Å²) in [6, 6.07) is 7.95. The van der Waals surface area contributed by atoms with Crippen molar-refractivity contribution in [3.63, 3.8) is 0 Å². The lowest BCUT2D eigenvalue weighted by atomic mass is 10.00. The predicted molar refractivity (Wildman–Crippen MR) is 79.6 cm³/mol. The van der Waals surface area contributed by atoms with Crippen LogP contribution in [0.2, 0.25) is 0 Å². The van der Waals surface area contributed by atoms with E-state index >= 15 is 0 Å². The second-order valence-electron chi connectivity index (χ2n) is 5.76. The van der Waals surface area contributed by atoms with Gasteiger partial charge in [-0.05, 0) is 37.8 Å². The van der Waals surface area contributed by atoms with Crippen molar-refractivity contribution in [1.29, 1.82) is 5.26 Å². The Balaban J connectivity index is 1.80. The van der Waals surface area contributed by atoms with Crippen LogP contribution in [0, 0.1) is 11.3 Å². The molecule has 1 aliphatic heterocycles. The molecule has 120 valence electrons. The summed E-state index contributed by atoms with van der Waals surface area (Å²) in [7, 11) is -4.01. The maximum Gasteiger partial charge on any atom is 0.269 e. The van der Waals surface area contributed by atoms with E-state index in [0.29, 0.717) is 17.1 Å². The number of carbonyl (C=O) groups is 2. The quantitative estimate of drug-likeness (QED) is 0.879. The van der Waals surface area contributed by atoms with E-state index in [0.717, 1.165) is 12.8 Å². The number of amides is 2. The molecule has 1 aromatic rings. The average Bonchev–Trinajstić information content (AvgIpc) is 3.06. The molecule has 8 heteroatoms. The summed E-state index contributed by atoms with van der Waals surface area (Å²) in [6.45, 7) is -0.612. The number of nitrogens with zero attached hydrogens (tertiary/aromatic N) is 2. The molecule has 0 spiro atoms. The lowest BCUT2D eigenvalue weighted by Crippen LogP contribution is -2.49. The smallest absolute Gasteiger partial charge is 0.269 e. The van der Waals surface area contributed by atoms with Crippen LogP contribution in [0.4, 0.5) is 0 Å². The molecule has 3 rings (SSSR count). The topological polar surface area (TPSA) is 107 Å². The van der Waals surface area contributed by atoms with Crippen LogP contribution in [0.1, 0.15) is 36.0 Å². The molecule has 0 unspecified atom stereocenters. The van der Waals surface area contributed by atoms with Crippen LogP contribution >= 0.6 is 0 Å². The highest BCUT2D eigenvalue weighted by atomic mass is 32.2. The molecule has 0 atom stereocenters. The lowest BCUT2D eigenvalue weighted by molar-refractivity contribution is -0.122. The van der Waals surface area contributed by atoms with Crippen LogP contribution in [0.15, 0.2) is 29.2 Å². The lowest BCUT2D eigenvalue weighted by Gasteiger charge is -2.23. The molecule has 1 aromatic carbocycles. The van der Waals surface area contributed by atoms with Crippen LogP contribution in [-0.4, -0.2) is 36.6 Å². The molecule has 0 bridgehead atoms. The van der Waals surface area contributed by atoms with Gasteiger partial charge in [0.1, 0.15) is 17.0 Å². The molecule has 0 saturated heterocycles. The Morgan fingerprint density at radius 2 is 1.96 bits per heavy atom. The molecule has 2 amide bonds. The maximum absolute atomic E-state index is 12.4. The summed E-state index contributed by atoms with van der Waals surface area (Å²) in [4.78, 5) is 24.3. The monoisotopic (exact) mass is 333 g/mol. The third-order valence-corrected chi connectivity index (χ3v) is 6.04. The van der Waals surface area contributed by atoms with Gasteiger partial charge in [0.05, 0.1) is 11.6 Å². The first-order valence-corrected chi connectivity index (χ1v) is 8.72. The van der Waals surface area contributed by atoms with Gasteiger partial charge in [-0.15, -0.1) is 0 Å². The Labute approximate surface area is 133 Å². The number of rotatable bonds is 3. The zero-order chi connectivity index (χ0) is 16.7. The molecule has 1 heterocycles. The normalized spacial score (nSPS) is 20.8. The minimum Gasteiger partial charge on any atom is -0.336 e. The van der Waals surface area contributed by atoms with Gasteiger partial charge >= 0.3 is 0 Å². The fourth-order valence-electron chi connectivity index (χ4n) is 3.07. The van der Waals surface area contributed by atoms with E-state index in [1.165, 1.54) is 18.2 Å². The van der Waals surface area contributed by atoms with Gasteiger partial charge in [-0.1, -0.05) is 12.1 Å². The van der Waals surface area contributed by atoms with Crippen molar-refractivity contribution in [2.45, 2.75) is 36.1 Å². The summed E-state index contributed by atoms with van der Waals surface area (Å²) < 4.78 is 25.3. The number of carbonyl (C=O) groups excluding carboxylic acids is 2. The van der Waals surface area contributed by atoms with Gasteiger partial charge in [-0.2, -0.15) is 5.26 Å². The number of hydrogen-bond acceptors (Lipinski definition) is 5. The molecule has 1 saturated carbocycles. The minimum absolute atomic E-state index is 0.0659. The van der Waals surface area contributed by atoms with E-state index in [1.807, 2.05) is 0 Å². The van der Waals surface area contributed by atoms with Crippen LogP contribution in [-0.2, 0) is 14.8 Å². The highest BCUT2D eigenvalue weighted by molar-refractivity contribution is 7.90. The number of nitrogens with one attached hydrogen (secondary N) is 1. The third-order valence-electron chi connectivity index (χ3n) is 4.25. The van der Waals surface area contributed by atoms with Crippen LogP contribution < -0.4 is 5.32 Å². The van der Waals surface area contributed by atoms with Crippen molar-refractivity contribution in [3.8, 4) is 6.07 Å². The van der Waals surface area contributed by atoms with Crippen LogP contribution in [0.3, 0.4) is 0 Å². The minimum atomic E-state index is -4.01. The van der Waals surface area contributed by atoms with Crippen LogP contribution in [0.25, 0.3) is 0 Å². The molecule has 2 aliphatic rings. The Kier molecular flexibility index (Phi) is 3.60. The molecular formula is C15H15N3O4S. The van der Waals surface area contributed by atoms with Crippen LogP contribution in [0.5, 0.6) is 0 Å². The Bertz CT molecular complexity index is 819. The van der Waals surface area contributed by atoms with Gasteiger partial charge in [-0.3, -0.25) is 9.59 Å². The average molecular weight is 333 g/mol. The molecule has 0 aromatic heterocycles. The highest BCUT2D eigenvalue weighted by Crippen LogP contribution is 2.31. The molecule has 1 fully saturated rings. The second-order valence-corrected chi connectivity index (χ2v) is 7.59.